The molecule has 0 N–H and O–H groups in total. The summed E-state index contributed by atoms with van der Waals surface area (Å²) in [6.45, 7) is 0.518. The predicted octanol–water partition coefficient (Wildman–Crippen LogP) is 4.71. The van der Waals surface area contributed by atoms with E-state index in [4.69, 9.17) is 4.74 Å². The van der Waals surface area contributed by atoms with E-state index in [9.17, 15) is 18.4 Å². The molecule has 0 aromatic heterocycles. The van der Waals surface area contributed by atoms with Gasteiger partial charge in [-0.2, -0.15) is 0 Å². The molecule has 3 aromatic carbocycles. The van der Waals surface area contributed by atoms with E-state index < -0.39 is 23.4 Å². The minimum Gasteiger partial charge on any atom is -0.496 e. The molecular weight excluding hydrogens is 426 g/mol. The number of hydrogen-bond donors (Lipinski definition) is 0. The van der Waals surface area contributed by atoms with Gasteiger partial charge < -0.3 is 9.64 Å². The Morgan fingerprint density at radius 2 is 1.64 bits per heavy atom. The van der Waals surface area contributed by atoms with Crippen LogP contribution < -0.4 is 14.5 Å². The first-order valence-corrected chi connectivity index (χ1v) is 10.6. The van der Waals surface area contributed by atoms with Gasteiger partial charge in [0.05, 0.1) is 18.4 Å². The third kappa shape index (κ3) is 3.36. The maximum absolute atomic E-state index is 14.7. The van der Waals surface area contributed by atoms with Crippen LogP contribution in [0.5, 0.6) is 5.75 Å². The highest BCUT2D eigenvalue weighted by molar-refractivity contribution is 6.46. The zero-order valence-electron chi connectivity index (χ0n) is 17.8. The Balaban J connectivity index is 1.74. The Kier molecular flexibility index (Phi) is 5.17. The van der Waals surface area contributed by atoms with Crippen molar-refractivity contribution in [2.75, 3.05) is 23.5 Å². The van der Waals surface area contributed by atoms with E-state index in [2.05, 4.69) is 0 Å². The van der Waals surface area contributed by atoms with Crippen molar-refractivity contribution >= 4 is 28.8 Å². The van der Waals surface area contributed by atoms with Gasteiger partial charge in [-0.15, -0.1) is 0 Å². The van der Waals surface area contributed by atoms with E-state index in [1.165, 1.54) is 7.11 Å². The first-order chi connectivity index (χ1) is 16.0. The second-order valence-corrected chi connectivity index (χ2v) is 7.85. The standard InChI is InChI=1S/C26H20F2N2O3/c1-33-22-11-5-3-9-18(22)23-24(29-14-6-8-16-7-2-4-10-20(16)29)26(32)30(25(23)31)21-13-12-17(27)15-19(21)28/h2-5,7,9-13,15H,6,8,14H2,1H3. The summed E-state index contributed by atoms with van der Waals surface area (Å²) in [5.74, 6) is -2.72. The number of carbonyl (C=O) groups excluding carboxylic acids is 2. The summed E-state index contributed by atoms with van der Waals surface area (Å²) < 4.78 is 33.7. The molecule has 0 saturated heterocycles. The summed E-state index contributed by atoms with van der Waals surface area (Å²) in [7, 11) is 1.48. The van der Waals surface area contributed by atoms with Crippen LogP contribution in [0, 0.1) is 11.6 Å². The van der Waals surface area contributed by atoms with Gasteiger partial charge in [-0.1, -0.05) is 36.4 Å². The average molecular weight is 446 g/mol. The van der Waals surface area contributed by atoms with Crippen LogP contribution in [0.1, 0.15) is 17.5 Å². The molecule has 0 spiro atoms. The lowest BCUT2D eigenvalue weighted by Gasteiger charge is -2.32. The largest absolute Gasteiger partial charge is 0.496 e. The lowest BCUT2D eigenvalue weighted by Crippen LogP contribution is -2.37. The molecule has 0 fully saturated rings. The van der Waals surface area contributed by atoms with Gasteiger partial charge in [0.2, 0.25) is 0 Å². The summed E-state index contributed by atoms with van der Waals surface area (Å²) >= 11 is 0. The third-order valence-corrected chi connectivity index (χ3v) is 5.97. The lowest BCUT2D eigenvalue weighted by atomic mass is 9.98. The molecule has 0 aliphatic carbocycles. The molecule has 2 aliphatic rings. The molecule has 0 radical (unpaired) electrons. The number of imide groups is 1. The molecule has 7 heteroatoms. The number of nitrogens with zero attached hydrogens (tertiary/aromatic N) is 2. The monoisotopic (exact) mass is 446 g/mol. The van der Waals surface area contributed by atoms with Crippen LogP contribution in [-0.2, 0) is 16.0 Å². The van der Waals surface area contributed by atoms with Gasteiger partial charge >= 0.3 is 0 Å². The molecular formula is C26H20F2N2O3. The number of benzene rings is 3. The van der Waals surface area contributed by atoms with Crippen molar-refractivity contribution in [1.29, 1.82) is 0 Å². The SMILES string of the molecule is COc1ccccc1C1=C(N2CCCc3ccccc32)C(=O)N(c2ccc(F)cc2F)C1=O. The number of para-hydroxylation sites is 2. The first kappa shape index (κ1) is 20.9. The fourth-order valence-corrected chi connectivity index (χ4v) is 4.51. The Labute approximate surface area is 189 Å². The van der Waals surface area contributed by atoms with Gasteiger partial charge in [0.1, 0.15) is 23.1 Å². The van der Waals surface area contributed by atoms with Crippen molar-refractivity contribution < 1.29 is 23.1 Å². The number of halogens is 2. The minimum absolute atomic E-state index is 0.123. The molecule has 0 atom stereocenters. The van der Waals surface area contributed by atoms with E-state index in [-0.39, 0.29) is 17.0 Å². The molecule has 0 unspecified atom stereocenters. The number of hydrogen-bond acceptors (Lipinski definition) is 4. The summed E-state index contributed by atoms with van der Waals surface area (Å²) in [5, 5.41) is 0. The Morgan fingerprint density at radius 3 is 2.42 bits per heavy atom. The van der Waals surface area contributed by atoms with E-state index in [0.717, 1.165) is 41.1 Å². The molecule has 2 heterocycles. The van der Waals surface area contributed by atoms with Crippen LogP contribution in [0.4, 0.5) is 20.2 Å². The minimum atomic E-state index is -0.989. The highest BCUT2D eigenvalue weighted by Crippen LogP contribution is 2.42. The van der Waals surface area contributed by atoms with Crippen molar-refractivity contribution in [1.82, 2.24) is 0 Å². The van der Waals surface area contributed by atoms with Gasteiger partial charge in [-0.05, 0) is 42.7 Å². The molecule has 166 valence electrons. The van der Waals surface area contributed by atoms with Crippen LogP contribution in [0.3, 0.4) is 0 Å². The number of amides is 2. The first-order valence-electron chi connectivity index (χ1n) is 10.6. The van der Waals surface area contributed by atoms with Crippen molar-refractivity contribution in [3.8, 4) is 5.75 Å². The van der Waals surface area contributed by atoms with Gasteiger partial charge in [-0.25, -0.2) is 13.7 Å². The van der Waals surface area contributed by atoms with E-state index in [1.807, 2.05) is 29.2 Å². The zero-order chi connectivity index (χ0) is 23.1. The predicted molar refractivity (Wildman–Crippen MR) is 121 cm³/mol. The molecule has 5 nitrogen and oxygen atoms in total. The summed E-state index contributed by atoms with van der Waals surface area (Å²) in [5.41, 5.74) is 2.30. The molecule has 2 aliphatic heterocycles. The van der Waals surface area contributed by atoms with Gasteiger partial charge in [0.15, 0.2) is 0 Å². The van der Waals surface area contributed by atoms with Gasteiger partial charge in [0, 0.05) is 23.9 Å². The highest BCUT2D eigenvalue weighted by atomic mass is 19.1. The van der Waals surface area contributed by atoms with Crippen molar-refractivity contribution in [3.05, 3.63) is 95.2 Å². The number of carbonyl (C=O) groups is 2. The zero-order valence-corrected chi connectivity index (χ0v) is 17.8. The van der Waals surface area contributed by atoms with Gasteiger partial charge in [0.25, 0.3) is 11.8 Å². The Hall–Kier alpha value is -4.00. The Bertz CT molecular complexity index is 1320. The molecule has 33 heavy (non-hydrogen) atoms. The van der Waals surface area contributed by atoms with Crippen LogP contribution in [0.25, 0.3) is 5.57 Å². The van der Waals surface area contributed by atoms with Crippen LogP contribution in [0.2, 0.25) is 0 Å². The second-order valence-electron chi connectivity index (χ2n) is 7.85. The normalized spacial score (nSPS) is 15.8. The maximum Gasteiger partial charge on any atom is 0.282 e. The topological polar surface area (TPSA) is 49.9 Å². The smallest absolute Gasteiger partial charge is 0.282 e. The van der Waals surface area contributed by atoms with E-state index >= 15 is 0 Å². The van der Waals surface area contributed by atoms with Crippen molar-refractivity contribution in [3.63, 3.8) is 0 Å². The molecule has 0 saturated carbocycles. The quantitative estimate of drug-likeness (QED) is 0.545. The number of methoxy groups -OCH3 is 1. The number of aryl methyl sites for hydroxylation is 1. The van der Waals surface area contributed by atoms with Crippen LogP contribution in [0.15, 0.2) is 72.4 Å². The van der Waals surface area contributed by atoms with Crippen molar-refractivity contribution in [2.24, 2.45) is 0 Å². The molecule has 3 aromatic rings. The van der Waals surface area contributed by atoms with Gasteiger partial charge in [-0.3, -0.25) is 9.59 Å². The fraction of sp³-hybridized carbons (Fsp3) is 0.154. The lowest BCUT2D eigenvalue weighted by molar-refractivity contribution is -0.120. The number of fused-ring (bicyclic) bond motifs is 1. The van der Waals surface area contributed by atoms with Crippen LogP contribution >= 0.6 is 0 Å². The number of anilines is 2. The van der Waals surface area contributed by atoms with E-state index in [1.54, 1.807) is 24.3 Å². The van der Waals surface area contributed by atoms with Crippen LogP contribution in [-0.4, -0.2) is 25.5 Å². The molecule has 2 amide bonds. The van der Waals surface area contributed by atoms with E-state index in [0.29, 0.717) is 23.9 Å². The maximum atomic E-state index is 14.7. The second kappa shape index (κ2) is 8.16. The molecule has 0 bridgehead atoms. The summed E-state index contributed by atoms with van der Waals surface area (Å²) in [6.07, 6.45) is 1.63. The third-order valence-electron chi connectivity index (χ3n) is 5.97. The number of rotatable bonds is 4. The van der Waals surface area contributed by atoms with Crippen molar-refractivity contribution in [2.45, 2.75) is 12.8 Å². The summed E-state index contributed by atoms with van der Waals surface area (Å²) in [6, 6.07) is 17.4. The Morgan fingerprint density at radius 1 is 0.879 bits per heavy atom. The highest BCUT2D eigenvalue weighted by Gasteiger charge is 2.45. The fourth-order valence-electron chi connectivity index (χ4n) is 4.51. The number of ether oxygens (including phenoxy) is 1. The molecule has 5 rings (SSSR count). The summed E-state index contributed by atoms with van der Waals surface area (Å²) in [4.78, 5) is 30.0. The average Bonchev–Trinajstić information content (AvgIpc) is 3.08.